The van der Waals surface area contributed by atoms with Crippen molar-refractivity contribution in [3.8, 4) is 0 Å². The molecule has 4 rings (SSSR count). The molecular formula is C14H18BrClN6O. The van der Waals surface area contributed by atoms with E-state index in [9.17, 15) is 4.79 Å². The van der Waals surface area contributed by atoms with Crippen molar-refractivity contribution < 1.29 is 4.79 Å². The molecule has 0 saturated carbocycles. The molecule has 2 saturated heterocycles. The summed E-state index contributed by atoms with van der Waals surface area (Å²) in [6, 6.07) is 0. The lowest BCUT2D eigenvalue weighted by molar-refractivity contribution is 0.0596. The van der Waals surface area contributed by atoms with Gasteiger partial charge in [0.05, 0.1) is 4.47 Å². The van der Waals surface area contributed by atoms with Crippen LogP contribution in [0.3, 0.4) is 0 Å². The topological polar surface area (TPSA) is 75.4 Å². The van der Waals surface area contributed by atoms with Gasteiger partial charge < -0.3 is 10.2 Å². The Balaban J connectivity index is 0.00000156. The molecule has 1 amide bonds. The molecule has 2 aromatic rings. The van der Waals surface area contributed by atoms with Crippen LogP contribution in [0.2, 0.25) is 0 Å². The molecule has 4 heterocycles. The molecule has 1 N–H and O–H groups in total. The fourth-order valence-electron chi connectivity index (χ4n) is 3.40. The summed E-state index contributed by atoms with van der Waals surface area (Å²) in [6.45, 7) is 3.75. The fraction of sp³-hybridized carbons (Fsp3) is 0.571. The van der Waals surface area contributed by atoms with Gasteiger partial charge in [-0.3, -0.25) is 4.79 Å². The van der Waals surface area contributed by atoms with Gasteiger partial charge in [-0.1, -0.05) is 0 Å². The lowest BCUT2D eigenvalue weighted by atomic mass is 9.78. The third-order valence-electron chi connectivity index (χ3n) is 4.80. The van der Waals surface area contributed by atoms with Crippen LogP contribution in [0.1, 0.15) is 29.9 Å². The molecule has 2 aliphatic rings. The Morgan fingerprint density at radius 2 is 2.09 bits per heavy atom. The van der Waals surface area contributed by atoms with Crippen molar-refractivity contribution in [1.82, 2.24) is 29.8 Å². The van der Waals surface area contributed by atoms with Gasteiger partial charge in [0.25, 0.3) is 11.7 Å². The van der Waals surface area contributed by atoms with Gasteiger partial charge in [0.2, 0.25) is 5.82 Å². The first kappa shape index (κ1) is 16.6. The Morgan fingerprint density at radius 1 is 1.30 bits per heavy atom. The number of carbonyl (C=O) groups excluding carboxylic acids is 1. The van der Waals surface area contributed by atoms with E-state index in [0.717, 1.165) is 43.5 Å². The Kier molecular flexibility index (Phi) is 4.57. The second-order valence-electron chi connectivity index (χ2n) is 6.17. The summed E-state index contributed by atoms with van der Waals surface area (Å²) in [6.07, 6.45) is 6.74. The SMILES string of the molecule is Cl.O=C(c1nc2ncc(Br)cn2n1)N1CCC2(CCNC2)CC1. The van der Waals surface area contributed by atoms with Gasteiger partial charge in [0, 0.05) is 32.0 Å². The van der Waals surface area contributed by atoms with Crippen LogP contribution in [-0.4, -0.2) is 56.6 Å². The Labute approximate surface area is 148 Å². The molecule has 9 heteroatoms. The van der Waals surface area contributed by atoms with E-state index in [4.69, 9.17) is 0 Å². The molecule has 2 aliphatic heterocycles. The highest BCUT2D eigenvalue weighted by Crippen LogP contribution is 2.37. The van der Waals surface area contributed by atoms with Gasteiger partial charge in [-0.2, -0.15) is 4.98 Å². The molecule has 1 spiro atoms. The van der Waals surface area contributed by atoms with Crippen LogP contribution in [0.4, 0.5) is 0 Å². The van der Waals surface area contributed by atoms with Gasteiger partial charge in [-0.25, -0.2) is 9.50 Å². The minimum Gasteiger partial charge on any atom is -0.336 e. The van der Waals surface area contributed by atoms with Gasteiger partial charge in [0.1, 0.15) is 0 Å². The number of piperidine rings is 1. The number of halogens is 2. The number of hydrogen-bond acceptors (Lipinski definition) is 5. The molecule has 0 aliphatic carbocycles. The first-order valence-corrected chi connectivity index (χ1v) is 8.33. The Morgan fingerprint density at radius 3 is 2.78 bits per heavy atom. The summed E-state index contributed by atoms with van der Waals surface area (Å²) in [4.78, 5) is 22.8. The van der Waals surface area contributed by atoms with Crippen molar-refractivity contribution in [1.29, 1.82) is 0 Å². The number of nitrogens with zero attached hydrogens (tertiary/aromatic N) is 5. The third kappa shape index (κ3) is 3.07. The van der Waals surface area contributed by atoms with Crippen molar-refractivity contribution in [2.45, 2.75) is 19.3 Å². The Bertz CT molecular complexity index is 719. The van der Waals surface area contributed by atoms with Crippen LogP contribution in [0.5, 0.6) is 0 Å². The highest BCUT2D eigenvalue weighted by Gasteiger charge is 2.38. The maximum absolute atomic E-state index is 12.6. The number of likely N-dealkylation sites (tertiary alicyclic amines) is 1. The highest BCUT2D eigenvalue weighted by molar-refractivity contribution is 9.10. The van der Waals surface area contributed by atoms with E-state index in [1.54, 1.807) is 12.4 Å². The molecule has 2 fully saturated rings. The molecule has 0 atom stereocenters. The minimum atomic E-state index is -0.0950. The first-order chi connectivity index (χ1) is 10.7. The number of nitrogens with one attached hydrogen (secondary N) is 1. The monoisotopic (exact) mass is 400 g/mol. The summed E-state index contributed by atoms with van der Waals surface area (Å²) < 4.78 is 2.33. The predicted molar refractivity (Wildman–Crippen MR) is 90.8 cm³/mol. The maximum atomic E-state index is 12.6. The summed E-state index contributed by atoms with van der Waals surface area (Å²) in [7, 11) is 0. The molecule has 124 valence electrons. The van der Waals surface area contributed by atoms with Crippen molar-refractivity contribution >= 4 is 40.0 Å². The number of aromatic nitrogens is 4. The van der Waals surface area contributed by atoms with E-state index < -0.39 is 0 Å². The predicted octanol–water partition coefficient (Wildman–Crippen LogP) is 1.52. The van der Waals surface area contributed by atoms with Crippen LogP contribution >= 0.6 is 28.3 Å². The van der Waals surface area contributed by atoms with E-state index in [2.05, 4.69) is 36.3 Å². The van der Waals surface area contributed by atoms with Gasteiger partial charge >= 0.3 is 0 Å². The van der Waals surface area contributed by atoms with Crippen LogP contribution in [-0.2, 0) is 0 Å². The normalized spacial score (nSPS) is 20.0. The number of hydrogen-bond donors (Lipinski definition) is 1. The summed E-state index contributed by atoms with van der Waals surface area (Å²) in [5.41, 5.74) is 0.398. The van der Waals surface area contributed by atoms with Crippen LogP contribution in [0.25, 0.3) is 5.78 Å². The summed E-state index contributed by atoms with van der Waals surface area (Å²) in [5.74, 6) is 0.577. The zero-order valence-corrected chi connectivity index (χ0v) is 14.9. The van der Waals surface area contributed by atoms with Crippen molar-refractivity contribution in [3.05, 3.63) is 22.7 Å². The van der Waals surface area contributed by atoms with Gasteiger partial charge in [-0.15, -0.1) is 17.5 Å². The molecule has 0 aromatic carbocycles. The zero-order chi connectivity index (χ0) is 15.2. The van der Waals surface area contributed by atoms with E-state index in [-0.39, 0.29) is 24.1 Å². The molecule has 2 aromatic heterocycles. The smallest absolute Gasteiger partial charge is 0.293 e. The number of carbonyl (C=O) groups is 1. The lowest BCUT2D eigenvalue weighted by Gasteiger charge is -2.38. The van der Waals surface area contributed by atoms with E-state index in [0.29, 0.717) is 11.2 Å². The lowest BCUT2D eigenvalue weighted by Crippen LogP contribution is -2.44. The Hall–Kier alpha value is -1.25. The minimum absolute atomic E-state index is 0. The molecular weight excluding hydrogens is 384 g/mol. The molecule has 0 unspecified atom stereocenters. The van der Waals surface area contributed by atoms with Crippen molar-refractivity contribution in [2.75, 3.05) is 26.2 Å². The third-order valence-corrected chi connectivity index (χ3v) is 5.21. The summed E-state index contributed by atoms with van der Waals surface area (Å²) >= 11 is 3.34. The van der Waals surface area contributed by atoms with E-state index in [1.807, 2.05) is 4.90 Å². The van der Waals surface area contributed by atoms with Crippen LogP contribution in [0.15, 0.2) is 16.9 Å². The highest BCUT2D eigenvalue weighted by atomic mass is 79.9. The maximum Gasteiger partial charge on any atom is 0.293 e. The molecule has 0 radical (unpaired) electrons. The number of fused-ring (bicyclic) bond motifs is 1. The standard InChI is InChI=1S/C14H17BrN6O.ClH/c15-10-7-17-13-18-11(19-21(13)8-10)12(22)20-5-2-14(3-6-20)1-4-16-9-14;/h7-8,16H,1-6,9H2;1H. The van der Waals surface area contributed by atoms with Gasteiger partial charge in [-0.05, 0) is 47.2 Å². The zero-order valence-electron chi connectivity index (χ0n) is 12.5. The van der Waals surface area contributed by atoms with E-state index in [1.165, 1.54) is 10.9 Å². The number of amides is 1. The van der Waals surface area contributed by atoms with Crippen molar-refractivity contribution in [2.24, 2.45) is 5.41 Å². The molecule has 23 heavy (non-hydrogen) atoms. The largest absolute Gasteiger partial charge is 0.336 e. The fourth-order valence-corrected chi connectivity index (χ4v) is 3.69. The quantitative estimate of drug-likeness (QED) is 0.784. The molecule has 7 nitrogen and oxygen atoms in total. The summed E-state index contributed by atoms with van der Waals surface area (Å²) in [5, 5.41) is 7.68. The number of rotatable bonds is 1. The van der Waals surface area contributed by atoms with Gasteiger partial charge in [0.15, 0.2) is 0 Å². The van der Waals surface area contributed by atoms with E-state index >= 15 is 0 Å². The average Bonchev–Trinajstić information content (AvgIpc) is 3.14. The second-order valence-corrected chi connectivity index (χ2v) is 7.09. The second kappa shape index (κ2) is 6.33. The average molecular weight is 402 g/mol. The molecule has 0 bridgehead atoms. The van der Waals surface area contributed by atoms with Crippen LogP contribution in [0, 0.1) is 5.41 Å². The first-order valence-electron chi connectivity index (χ1n) is 7.53. The van der Waals surface area contributed by atoms with Crippen LogP contribution < -0.4 is 5.32 Å². The van der Waals surface area contributed by atoms with Crippen molar-refractivity contribution in [3.63, 3.8) is 0 Å².